The largest absolute Gasteiger partial charge is 0.486 e. The molecule has 0 bridgehead atoms. The van der Waals surface area contributed by atoms with Gasteiger partial charge < -0.3 is 4.74 Å². The Morgan fingerprint density at radius 2 is 1.28 bits per heavy atom. The molecule has 0 aliphatic heterocycles. The second-order valence-corrected chi connectivity index (χ2v) is 8.08. The first-order valence-corrected chi connectivity index (χ1v) is 10.8. The Balaban J connectivity index is 1.61. The fraction of sp³-hybridized carbons (Fsp3) is 0.259. The first kappa shape index (κ1) is 22.1. The topological polar surface area (TPSA) is 9.23 Å². The van der Waals surface area contributed by atoms with E-state index in [0.717, 1.165) is 32.1 Å². The van der Waals surface area contributed by atoms with Crippen LogP contribution in [-0.2, 0) is 0 Å². The predicted molar refractivity (Wildman–Crippen MR) is 119 cm³/mol. The third kappa shape index (κ3) is 4.29. The second-order valence-electron chi connectivity index (χ2n) is 8.08. The van der Waals surface area contributed by atoms with Crippen molar-refractivity contribution in [1.29, 1.82) is 0 Å². The molecule has 4 rings (SSSR count). The van der Waals surface area contributed by atoms with Crippen LogP contribution in [0.2, 0.25) is 0 Å². The fourth-order valence-corrected chi connectivity index (χ4v) is 4.36. The van der Waals surface area contributed by atoms with Crippen molar-refractivity contribution in [2.75, 3.05) is 6.61 Å². The van der Waals surface area contributed by atoms with Crippen LogP contribution in [0.15, 0.2) is 61.2 Å². The number of hydrogen-bond acceptors (Lipinski definition) is 1. The molecule has 0 radical (unpaired) electrons. The van der Waals surface area contributed by atoms with Crippen LogP contribution in [0.5, 0.6) is 5.75 Å². The average molecular weight is 440 g/mol. The molecule has 166 valence electrons. The van der Waals surface area contributed by atoms with E-state index in [1.165, 1.54) is 18.2 Å². The van der Waals surface area contributed by atoms with Gasteiger partial charge >= 0.3 is 0 Å². The molecule has 0 atom stereocenters. The lowest BCUT2D eigenvalue weighted by Crippen LogP contribution is -2.08. The zero-order valence-corrected chi connectivity index (χ0v) is 17.6. The number of rotatable bonds is 6. The van der Waals surface area contributed by atoms with E-state index in [-0.39, 0.29) is 29.4 Å². The zero-order valence-electron chi connectivity index (χ0n) is 17.6. The molecule has 3 aromatic rings. The maximum atomic E-state index is 14.9. The molecule has 0 amide bonds. The molecule has 0 N–H and O–H groups in total. The molecule has 1 aliphatic rings. The van der Waals surface area contributed by atoms with E-state index in [0.29, 0.717) is 16.7 Å². The van der Waals surface area contributed by atoms with Crippen LogP contribution >= 0.6 is 0 Å². The standard InChI is InChI=1S/C27H24F4O/c1-2-16-32-23-15-14-22(26(30)27(23)31)19-10-8-18(9-11-19)21-13-12-20(24(28)25(21)29)17-6-4-3-5-7-17/h2,8-15,17H,1,3-7,16H2. The van der Waals surface area contributed by atoms with Gasteiger partial charge in [-0.05, 0) is 47.6 Å². The van der Waals surface area contributed by atoms with Gasteiger partial charge in [0.25, 0.3) is 0 Å². The van der Waals surface area contributed by atoms with Gasteiger partial charge in [0.05, 0.1) is 0 Å². The minimum Gasteiger partial charge on any atom is -0.486 e. The van der Waals surface area contributed by atoms with E-state index in [1.54, 1.807) is 36.4 Å². The SMILES string of the molecule is C=CCOc1ccc(-c2ccc(-c3ccc(C4CCCCC4)c(F)c3F)cc2)c(F)c1F. The smallest absolute Gasteiger partial charge is 0.201 e. The molecule has 0 unspecified atom stereocenters. The Morgan fingerprint density at radius 1 is 0.719 bits per heavy atom. The molecule has 5 heteroatoms. The van der Waals surface area contributed by atoms with Crippen molar-refractivity contribution in [3.63, 3.8) is 0 Å². The number of halogens is 4. The summed E-state index contributed by atoms with van der Waals surface area (Å²) in [5.41, 5.74) is 1.53. The van der Waals surface area contributed by atoms with Crippen LogP contribution < -0.4 is 4.74 Å². The highest BCUT2D eigenvalue weighted by Crippen LogP contribution is 2.37. The summed E-state index contributed by atoms with van der Waals surface area (Å²) < 4.78 is 63.6. The molecular weight excluding hydrogens is 416 g/mol. The summed E-state index contributed by atoms with van der Waals surface area (Å²) in [5, 5.41) is 0. The second kappa shape index (κ2) is 9.60. The first-order chi connectivity index (χ1) is 15.5. The highest BCUT2D eigenvalue weighted by atomic mass is 19.2. The highest BCUT2D eigenvalue weighted by molar-refractivity contribution is 5.71. The van der Waals surface area contributed by atoms with Crippen molar-refractivity contribution in [2.45, 2.75) is 38.0 Å². The Hall–Kier alpha value is -3.08. The average Bonchev–Trinajstić information content (AvgIpc) is 2.82. The summed E-state index contributed by atoms with van der Waals surface area (Å²) in [6.07, 6.45) is 6.41. The van der Waals surface area contributed by atoms with Gasteiger partial charge in [0.1, 0.15) is 6.61 Å². The van der Waals surface area contributed by atoms with Gasteiger partial charge in [0.2, 0.25) is 5.82 Å². The summed E-state index contributed by atoms with van der Waals surface area (Å²) in [7, 11) is 0. The van der Waals surface area contributed by atoms with Crippen molar-refractivity contribution in [3.05, 3.63) is 90.0 Å². The number of benzene rings is 3. The predicted octanol–water partition coefficient (Wildman–Crippen LogP) is 8.19. The third-order valence-corrected chi connectivity index (χ3v) is 6.07. The normalized spacial score (nSPS) is 14.4. The zero-order chi connectivity index (χ0) is 22.7. The van der Waals surface area contributed by atoms with E-state index in [9.17, 15) is 17.6 Å². The van der Waals surface area contributed by atoms with E-state index in [4.69, 9.17) is 4.74 Å². The Bertz CT molecular complexity index is 1120. The molecule has 0 aromatic heterocycles. The van der Waals surface area contributed by atoms with Gasteiger partial charge in [-0.2, -0.15) is 4.39 Å². The Labute approximate surface area is 185 Å². The first-order valence-electron chi connectivity index (χ1n) is 10.8. The van der Waals surface area contributed by atoms with Crippen molar-refractivity contribution in [1.82, 2.24) is 0 Å². The minimum atomic E-state index is -1.08. The van der Waals surface area contributed by atoms with Crippen molar-refractivity contribution >= 4 is 0 Å². The molecule has 1 saturated carbocycles. The molecule has 1 aliphatic carbocycles. The van der Waals surface area contributed by atoms with Gasteiger partial charge in [-0.3, -0.25) is 0 Å². The van der Waals surface area contributed by atoms with Crippen molar-refractivity contribution in [2.24, 2.45) is 0 Å². The van der Waals surface area contributed by atoms with E-state index in [2.05, 4.69) is 6.58 Å². The van der Waals surface area contributed by atoms with Crippen molar-refractivity contribution < 1.29 is 22.3 Å². The number of hydrogen-bond donors (Lipinski definition) is 0. The Morgan fingerprint density at radius 3 is 1.88 bits per heavy atom. The quantitative estimate of drug-likeness (QED) is 0.277. The van der Waals surface area contributed by atoms with Crippen LogP contribution in [0.1, 0.15) is 43.6 Å². The lowest BCUT2D eigenvalue weighted by atomic mass is 9.83. The van der Waals surface area contributed by atoms with Gasteiger partial charge in [0.15, 0.2) is 23.2 Å². The lowest BCUT2D eigenvalue weighted by molar-refractivity contribution is 0.333. The molecule has 1 fully saturated rings. The molecule has 1 nitrogen and oxygen atoms in total. The fourth-order valence-electron chi connectivity index (χ4n) is 4.36. The highest BCUT2D eigenvalue weighted by Gasteiger charge is 2.23. The summed E-state index contributed by atoms with van der Waals surface area (Å²) in [6.45, 7) is 3.54. The van der Waals surface area contributed by atoms with Crippen LogP contribution in [0.4, 0.5) is 17.6 Å². The third-order valence-electron chi connectivity index (χ3n) is 6.07. The summed E-state index contributed by atoms with van der Waals surface area (Å²) in [5.74, 6) is -3.92. The lowest BCUT2D eigenvalue weighted by Gasteiger charge is -2.23. The molecule has 32 heavy (non-hydrogen) atoms. The Kier molecular flexibility index (Phi) is 6.63. The molecule has 0 heterocycles. The van der Waals surface area contributed by atoms with E-state index < -0.39 is 23.3 Å². The van der Waals surface area contributed by atoms with E-state index >= 15 is 0 Å². The molecule has 3 aromatic carbocycles. The molecular formula is C27H24F4O. The van der Waals surface area contributed by atoms with E-state index in [1.807, 2.05) is 0 Å². The maximum Gasteiger partial charge on any atom is 0.201 e. The van der Waals surface area contributed by atoms with Crippen LogP contribution in [0.25, 0.3) is 22.3 Å². The summed E-state index contributed by atoms with van der Waals surface area (Å²) in [4.78, 5) is 0. The van der Waals surface area contributed by atoms with Crippen molar-refractivity contribution in [3.8, 4) is 28.0 Å². The van der Waals surface area contributed by atoms with Gasteiger partial charge in [0, 0.05) is 11.1 Å². The summed E-state index contributed by atoms with van der Waals surface area (Å²) in [6, 6.07) is 12.3. The van der Waals surface area contributed by atoms with Gasteiger partial charge in [-0.25, -0.2) is 13.2 Å². The van der Waals surface area contributed by atoms with Gasteiger partial charge in [-0.15, -0.1) is 0 Å². The monoisotopic (exact) mass is 440 g/mol. The van der Waals surface area contributed by atoms with Crippen LogP contribution in [-0.4, -0.2) is 6.61 Å². The molecule has 0 saturated heterocycles. The maximum absolute atomic E-state index is 14.9. The summed E-state index contributed by atoms with van der Waals surface area (Å²) >= 11 is 0. The van der Waals surface area contributed by atoms with Gasteiger partial charge in [-0.1, -0.05) is 68.3 Å². The molecule has 0 spiro atoms. The van der Waals surface area contributed by atoms with Crippen LogP contribution in [0, 0.1) is 23.3 Å². The van der Waals surface area contributed by atoms with Crippen LogP contribution in [0.3, 0.4) is 0 Å². The number of ether oxygens (including phenoxy) is 1. The minimum absolute atomic E-state index is 0.0549.